The monoisotopic (exact) mass is 516 g/mol. The van der Waals surface area contributed by atoms with Crippen molar-refractivity contribution < 1.29 is 21.6 Å². The van der Waals surface area contributed by atoms with Gasteiger partial charge in [-0.25, -0.2) is 18.4 Å². The number of fused-ring (bicyclic) bond motifs is 1. The number of sulfone groups is 1. The highest BCUT2D eigenvalue weighted by atomic mass is 35.5. The van der Waals surface area contributed by atoms with Gasteiger partial charge in [-0.15, -0.1) is 11.3 Å². The van der Waals surface area contributed by atoms with Gasteiger partial charge in [-0.3, -0.25) is 4.90 Å². The third-order valence-corrected chi connectivity index (χ3v) is 7.90. The lowest BCUT2D eigenvalue weighted by atomic mass is 9.99. The molecule has 1 aliphatic rings. The molecular formula is C21H20ClF3N4O2S2. The van der Waals surface area contributed by atoms with Crippen molar-refractivity contribution in [3.63, 3.8) is 0 Å². The molecule has 0 saturated carbocycles. The number of anilines is 2. The van der Waals surface area contributed by atoms with Crippen molar-refractivity contribution in [3.8, 4) is 10.6 Å². The SMILES string of the molecule is CCN1CCc2cc(Nc3ncc(C(F)(F)F)c(-c4cc(S(C)(=O)=O)cs4)n3)c(Cl)cc2C1. The Balaban J connectivity index is 1.72. The van der Waals surface area contributed by atoms with Gasteiger partial charge < -0.3 is 5.32 Å². The number of nitrogens with one attached hydrogen (secondary N) is 1. The Morgan fingerprint density at radius 2 is 2.00 bits per heavy atom. The summed E-state index contributed by atoms with van der Waals surface area (Å²) in [7, 11) is -3.57. The molecule has 1 aromatic carbocycles. The van der Waals surface area contributed by atoms with Crippen LogP contribution in [0, 0.1) is 0 Å². The molecule has 1 aliphatic heterocycles. The molecule has 33 heavy (non-hydrogen) atoms. The molecule has 1 N–H and O–H groups in total. The third kappa shape index (κ3) is 5.16. The molecule has 0 bridgehead atoms. The largest absolute Gasteiger partial charge is 0.420 e. The van der Waals surface area contributed by atoms with E-state index in [1.165, 1.54) is 11.4 Å². The predicted octanol–water partition coefficient (Wildman–Crippen LogP) is 5.40. The minimum Gasteiger partial charge on any atom is -0.323 e. The van der Waals surface area contributed by atoms with Gasteiger partial charge in [0.05, 0.1) is 26.2 Å². The number of aromatic nitrogens is 2. The number of alkyl halides is 3. The second-order valence-electron chi connectivity index (χ2n) is 7.72. The number of nitrogens with zero attached hydrogens (tertiary/aromatic N) is 3. The minimum atomic E-state index is -4.71. The summed E-state index contributed by atoms with van der Waals surface area (Å²) in [5.74, 6) is -0.0693. The lowest BCUT2D eigenvalue weighted by Gasteiger charge is -2.28. The maximum Gasteiger partial charge on any atom is 0.420 e. The average Bonchev–Trinajstić information content (AvgIpc) is 3.24. The smallest absolute Gasteiger partial charge is 0.323 e. The average molecular weight is 517 g/mol. The van der Waals surface area contributed by atoms with Crippen LogP contribution in [-0.2, 0) is 29.0 Å². The highest BCUT2D eigenvalue weighted by molar-refractivity contribution is 7.90. The quantitative estimate of drug-likeness (QED) is 0.489. The molecule has 0 atom stereocenters. The molecule has 176 valence electrons. The molecule has 6 nitrogen and oxygen atoms in total. The number of likely N-dealkylation sites (N-methyl/N-ethyl adjacent to an activating group) is 1. The molecule has 0 aliphatic carbocycles. The second-order valence-corrected chi connectivity index (χ2v) is 11.1. The van der Waals surface area contributed by atoms with Crippen molar-refractivity contribution in [1.29, 1.82) is 0 Å². The number of hydrogen-bond acceptors (Lipinski definition) is 7. The Bertz CT molecular complexity index is 1310. The van der Waals surface area contributed by atoms with E-state index >= 15 is 0 Å². The second kappa shape index (κ2) is 8.86. The number of halogens is 4. The molecule has 12 heteroatoms. The van der Waals surface area contributed by atoms with Crippen LogP contribution < -0.4 is 5.32 Å². The van der Waals surface area contributed by atoms with Crippen molar-refractivity contribution in [3.05, 3.63) is 51.5 Å². The molecule has 0 unspecified atom stereocenters. The van der Waals surface area contributed by atoms with Crippen LogP contribution in [-0.4, -0.2) is 42.6 Å². The van der Waals surface area contributed by atoms with Gasteiger partial charge in [0.15, 0.2) is 9.84 Å². The Hall–Kier alpha value is -2.21. The van der Waals surface area contributed by atoms with Gasteiger partial charge in [0.25, 0.3) is 0 Å². The van der Waals surface area contributed by atoms with Crippen LogP contribution >= 0.6 is 22.9 Å². The van der Waals surface area contributed by atoms with Gasteiger partial charge in [-0.05, 0) is 42.3 Å². The molecule has 3 aromatic rings. The first kappa shape index (κ1) is 23.9. The zero-order chi connectivity index (χ0) is 24.0. The standard InChI is InChI=1S/C21H20ClF3N4O2S2/c1-3-29-5-4-12-7-17(16(22)6-13(12)10-29)27-20-26-9-15(21(23,24)25)19(28-20)18-8-14(11-32-18)33(2,30)31/h6-9,11H,3-5,10H2,1-2H3,(H,26,27,28). The molecule has 3 heterocycles. The van der Waals surface area contributed by atoms with Crippen molar-refractivity contribution in [2.24, 2.45) is 0 Å². The van der Waals surface area contributed by atoms with E-state index in [1.54, 1.807) is 0 Å². The van der Waals surface area contributed by atoms with E-state index < -0.39 is 27.3 Å². The van der Waals surface area contributed by atoms with Crippen molar-refractivity contribution >= 4 is 44.4 Å². The van der Waals surface area contributed by atoms with Crippen LogP contribution in [0.4, 0.5) is 24.8 Å². The maximum absolute atomic E-state index is 13.6. The Morgan fingerprint density at radius 1 is 1.24 bits per heavy atom. The normalized spacial score (nSPS) is 14.8. The summed E-state index contributed by atoms with van der Waals surface area (Å²) < 4.78 is 64.4. The summed E-state index contributed by atoms with van der Waals surface area (Å²) in [6.45, 7) is 4.72. The zero-order valence-electron chi connectivity index (χ0n) is 17.7. The molecule has 0 radical (unpaired) electrons. The summed E-state index contributed by atoms with van der Waals surface area (Å²) >= 11 is 7.31. The van der Waals surface area contributed by atoms with E-state index in [2.05, 4.69) is 27.1 Å². The number of hydrogen-bond donors (Lipinski definition) is 1. The molecule has 0 amide bonds. The van der Waals surface area contributed by atoms with Crippen molar-refractivity contribution in [2.45, 2.75) is 31.0 Å². The summed E-state index contributed by atoms with van der Waals surface area (Å²) in [5.41, 5.74) is 1.27. The first-order valence-corrected chi connectivity index (χ1v) is 13.1. The number of thiophene rings is 1. The van der Waals surface area contributed by atoms with E-state index in [-0.39, 0.29) is 15.7 Å². The molecule has 4 rings (SSSR count). The van der Waals surface area contributed by atoms with Gasteiger partial charge >= 0.3 is 6.18 Å². The fraction of sp³-hybridized carbons (Fsp3) is 0.333. The minimum absolute atomic E-state index is 0.0670. The summed E-state index contributed by atoms with van der Waals surface area (Å²) in [4.78, 5) is 10.2. The van der Waals surface area contributed by atoms with E-state index in [0.717, 1.165) is 54.8 Å². The predicted molar refractivity (Wildman–Crippen MR) is 123 cm³/mol. The van der Waals surface area contributed by atoms with Gasteiger partial charge in [0, 0.05) is 30.9 Å². The molecular weight excluding hydrogens is 497 g/mol. The molecule has 0 spiro atoms. The Labute approximate surface area is 198 Å². The Kier molecular flexibility index (Phi) is 6.43. The topological polar surface area (TPSA) is 75.2 Å². The van der Waals surface area contributed by atoms with E-state index in [1.807, 2.05) is 12.1 Å². The van der Waals surface area contributed by atoms with Gasteiger partial charge in [0.2, 0.25) is 5.95 Å². The van der Waals surface area contributed by atoms with Crippen molar-refractivity contribution in [2.75, 3.05) is 24.7 Å². The van der Waals surface area contributed by atoms with Crippen LogP contribution in [0.3, 0.4) is 0 Å². The molecule has 2 aromatic heterocycles. The van der Waals surface area contributed by atoms with E-state index in [0.29, 0.717) is 16.9 Å². The van der Waals surface area contributed by atoms with Crippen LogP contribution in [0.5, 0.6) is 0 Å². The van der Waals surface area contributed by atoms with Gasteiger partial charge in [-0.1, -0.05) is 18.5 Å². The fourth-order valence-electron chi connectivity index (χ4n) is 3.60. The third-order valence-electron chi connectivity index (χ3n) is 5.41. The van der Waals surface area contributed by atoms with E-state index in [4.69, 9.17) is 11.6 Å². The number of rotatable bonds is 5. The highest BCUT2D eigenvalue weighted by Gasteiger charge is 2.36. The first-order valence-electron chi connectivity index (χ1n) is 9.99. The first-order chi connectivity index (χ1) is 15.5. The number of benzene rings is 1. The fourth-order valence-corrected chi connectivity index (χ4v) is 5.86. The lowest BCUT2D eigenvalue weighted by Crippen LogP contribution is -2.30. The van der Waals surface area contributed by atoms with Crippen LogP contribution in [0.2, 0.25) is 5.02 Å². The van der Waals surface area contributed by atoms with Crippen LogP contribution in [0.25, 0.3) is 10.6 Å². The summed E-state index contributed by atoms with van der Waals surface area (Å²) in [5, 5.41) is 4.63. The summed E-state index contributed by atoms with van der Waals surface area (Å²) in [6.07, 6.45) is -2.19. The molecule has 0 saturated heterocycles. The van der Waals surface area contributed by atoms with E-state index in [9.17, 15) is 21.6 Å². The Morgan fingerprint density at radius 3 is 2.64 bits per heavy atom. The zero-order valence-corrected chi connectivity index (χ0v) is 20.1. The maximum atomic E-state index is 13.6. The van der Waals surface area contributed by atoms with Gasteiger partial charge in [0.1, 0.15) is 5.56 Å². The van der Waals surface area contributed by atoms with Crippen LogP contribution in [0.1, 0.15) is 23.6 Å². The van der Waals surface area contributed by atoms with Gasteiger partial charge in [-0.2, -0.15) is 13.2 Å². The highest BCUT2D eigenvalue weighted by Crippen LogP contribution is 2.39. The molecule has 0 fully saturated rings. The lowest BCUT2D eigenvalue weighted by molar-refractivity contribution is -0.137. The summed E-state index contributed by atoms with van der Waals surface area (Å²) in [6, 6.07) is 4.91. The van der Waals surface area contributed by atoms with Crippen LogP contribution in [0.15, 0.2) is 34.7 Å². The van der Waals surface area contributed by atoms with Crippen molar-refractivity contribution in [1.82, 2.24) is 14.9 Å².